The van der Waals surface area contributed by atoms with Gasteiger partial charge in [0.05, 0.1) is 12.9 Å². The standard InChI is InChI=1S/C14H17NO2/c15-10-12(9-14-7-4-8-16-14)11-17-13-5-2-1-3-6-13/h1-8,12H,9-11,15H2. The Morgan fingerprint density at radius 1 is 1.12 bits per heavy atom. The Morgan fingerprint density at radius 3 is 2.59 bits per heavy atom. The van der Waals surface area contributed by atoms with Crippen molar-refractivity contribution in [2.75, 3.05) is 13.2 Å². The second kappa shape index (κ2) is 6.11. The fraction of sp³-hybridized carbons (Fsp3) is 0.286. The Balaban J connectivity index is 1.84. The van der Waals surface area contributed by atoms with Gasteiger partial charge in [0, 0.05) is 12.3 Å². The van der Waals surface area contributed by atoms with Gasteiger partial charge in [0.1, 0.15) is 11.5 Å². The lowest BCUT2D eigenvalue weighted by Gasteiger charge is -2.14. The quantitative estimate of drug-likeness (QED) is 0.830. The van der Waals surface area contributed by atoms with Crippen LogP contribution in [0.15, 0.2) is 53.1 Å². The molecule has 90 valence electrons. The van der Waals surface area contributed by atoms with E-state index in [1.165, 1.54) is 0 Å². The van der Waals surface area contributed by atoms with Gasteiger partial charge in [-0.2, -0.15) is 0 Å². The van der Waals surface area contributed by atoms with Crippen LogP contribution in [-0.2, 0) is 6.42 Å². The van der Waals surface area contributed by atoms with Crippen LogP contribution in [0.3, 0.4) is 0 Å². The minimum atomic E-state index is 0.279. The van der Waals surface area contributed by atoms with Gasteiger partial charge in [0.15, 0.2) is 0 Å². The molecule has 1 heterocycles. The highest BCUT2D eigenvalue weighted by molar-refractivity contribution is 5.20. The number of hydrogen-bond acceptors (Lipinski definition) is 3. The van der Waals surface area contributed by atoms with Crippen molar-refractivity contribution < 1.29 is 9.15 Å². The summed E-state index contributed by atoms with van der Waals surface area (Å²) in [6, 6.07) is 13.6. The Labute approximate surface area is 101 Å². The third-order valence-corrected chi connectivity index (χ3v) is 2.63. The molecule has 17 heavy (non-hydrogen) atoms. The molecule has 2 aromatic rings. The van der Waals surface area contributed by atoms with Crippen LogP contribution in [0.4, 0.5) is 0 Å². The van der Waals surface area contributed by atoms with Gasteiger partial charge in [-0.15, -0.1) is 0 Å². The van der Waals surface area contributed by atoms with Gasteiger partial charge in [-0.05, 0) is 30.8 Å². The summed E-state index contributed by atoms with van der Waals surface area (Å²) in [5.74, 6) is 2.11. The summed E-state index contributed by atoms with van der Waals surface area (Å²) >= 11 is 0. The van der Waals surface area contributed by atoms with Crippen molar-refractivity contribution in [1.29, 1.82) is 0 Å². The summed E-state index contributed by atoms with van der Waals surface area (Å²) in [4.78, 5) is 0. The van der Waals surface area contributed by atoms with Crippen LogP contribution in [0.25, 0.3) is 0 Å². The third kappa shape index (κ3) is 3.64. The zero-order valence-corrected chi connectivity index (χ0v) is 9.71. The first kappa shape index (κ1) is 11.7. The Kier molecular flexibility index (Phi) is 4.22. The number of benzene rings is 1. The number of nitrogens with two attached hydrogens (primary N) is 1. The van der Waals surface area contributed by atoms with E-state index in [9.17, 15) is 0 Å². The van der Waals surface area contributed by atoms with Gasteiger partial charge in [-0.3, -0.25) is 0 Å². The molecule has 2 rings (SSSR count). The van der Waals surface area contributed by atoms with E-state index >= 15 is 0 Å². The summed E-state index contributed by atoms with van der Waals surface area (Å²) < 4.78 is 11.0. The van der Waals surface area contributed by atoms with Crippen LogP contribution in [0.1, 0.15) is 5.76 Å². The second-order valence-corrected chi connectivity index (χ2v) is 4.01. The molecule has 0 radical (unpaired) electrons. The molecule has 1 aromatic carbocycles. The number of para-hydroxylation sites is 1. The summed E-state index contributed by atoms with van der Waals surface area (Å²) in [6.07, 6.45) is 2.50. The van der Waals surface area contributed by atoms with E-state index in [0.717, 1.165) is 17.9 Å². The van der Waals surface area contributed by atoms with Gasteiger partial charge in [-0.25, -0.2) is 0 Å². The Morgan fingerprint density at radius 2 is 1.94 bits per heavy atom. The SMILES string of the molecule is NCC(COc1ccccc1)Cc1ccco1. The maximum Gasteiger partial charge on any atom is 0.119 e. The van der Waals surface area contributed by atoms with Gasteiger partial charge in [0.25, 0.3) is 0 Å². The molecule has 2 N–H and O–H groups in total. The van der Waals surface area contributed by atoms with Crippen LogP contribution >= 0.6 is 0 Å². The molecule has 0 bridgehead atoms. The van der Waals surface area contributed by atoms with E-state index in [0.29, 0.717) is 13.2 Å². The van der Waals surface area contributed by atoms with E-state index in [1.807, 2.05) is 42.5 Å². The van der Waals surface area contributed by atoms with E-state index in [-0.39, 0.29) is 5.92 Å². The van der Waals surface area contributed by atoms with Crippen molar-refractivity contribution in [3.63, 3.8) is 0 Å². The highest BCUT2D eigenvalue weighted by atomic mass is 16.5. The van der Waals surface area contributed by atoms with E-state index < -0.39 is 0 Å². The molecule has 3 nitrogen and oxygen atoms in total. The van der Waals surface area contributed by atoms with Crippen LogP contribution in [0, 0.1) is 5.92 Å². The number of ether oxygens (including phenoxy) is 1. The number of furan rings is 1. The summed E-state index contributed by atoms with van der Waals surface area (Å²) in [5, 5.41) is 0. The summed E-state index contributed by atoms with van der Waals surface area (Å²) in [5.41, 5.74) is 5.73. The van der Waals surface area contributed by atoms with Gasteiger partial charge in [0.2, 0.25) is 0 Å². The molecule has 1 aromatic heterocycles. The van der Waals surface area contributed by atoms with Crippen LogP contribution < -0.4 is 10.5 Å². The molecule has 3 heteroatoms. The monoisotopic (exact) mass is 231 g/mol. The molecule has 1 unspecified atom stereocenters. The number of hydrogen-bond donors (Lipinski definition) is 1. The molecular formula is C14H17NO2. The van der Waals surface area contributed by atoms with E-state index in [4.69, 9.17) is 14.9 Å². The molecule has 0 amide bonds. The molecule has 0 fully saturated rings. The summed E-state index contributed by atoms with van der Waals surface area (Å²) in [7, 11) is 0. The molecule has 0 aliphatic heterocycles. The fourth-order valence-corrected chi connectivity index (χ4v) is 1.65. The van der Waals surface area contributed by atoms with Crippen molar-refractivity contribution >= 4 is 0 Å². The Hall–Kier alpha value is -1.74. The first-order chi connectivity index (χ1) is 8.38. The van der Waals surface area contributed by atoms with Crippen molar-refractivity contribution in [2.45, 2.75) is 6.42 Å². The smallest absolute Gasteiger partial charge is 0.119 e. The normalized spacial score (nSPS) is 12.3. The maximum absolute atomic E-state index is 5.73. The summed E-state index contributed by atoms with van der Waals surface area (Å²) in [6.45, 7) is 1.20. The topological polar surface area (TPSA) is 48.4 Å². The lowest BCUT2D eigenvalue weighted by Crippen LogP contribution is -2.23. The van der Waals surface area contributed by atoms with Crippen molar-refractivity contribution in [2.24, 2.45) is 11.7 Å². The third-order valence-electron chi connectivity index (χ3n) is 2.63. The predicted octanol–water partition coefficient (Wildman–Crippen LogP) is 2.48. The highest BCUT2D eigenvalue weighted by Gasteiger charge is 2.10. The Bertz CT molecular complexity index is 411. The molecular weight excluding hydrogens is 214 g/mol. The van der Waals surface area contributed by atoms with Gasteiger partial charge >= 0.3 is 0 Å². The van der Waals surface area contributed by atoms with Crippen molar-refractivity contribution in [1.82, 2.24) is 0 Å². The number of rotatable bonds is 6. The molecule has 0 spiro atoms. The zero-order valence-electron chi connectivity index (χ0n) is 9.71. The molecule has 1 atom stereocenters. The van der Waals surface area contributed by atoms with Crippen molar-refractivity contribution in [3.05, 3.63) is 54.5 Å². The predicted molar refractivity (Wildman–Crippen MR) is 66.9 cm³/mol. The van der Waals surface area contributed by atoms with E-state index in [1.54, 1.807) is 6.26 Å². The first-order valence-corrected chi connectivity index (χ1v) is 5.79. The molecule has 0 saturated heterocycles. The average Bonchev–Trinajstić information content (AvgIpc) is 2.88. The zero-order chi connectivity index (χ0) is 11.9. The molecule has 0 aliphatic carbocycles. The lowest BCUT2D eigenvalue weighted by atomic mass is 10.1. The average molecular weight is 231 g/mol. The fourth-order valence-electron chi connectivity index (χ4n) is 1.65. The van der Waals surface area contributed by atoms with Crippen LogP contribution in [0.5, 0.6) is 5.75 Å². The second-order valence-electron chi connectivity index (χ2n) is 4.01. The van der Waals surface area contributed by atoms with Gasteiger partial charge in [-0.1, -0.05) is 18.2 Å². The largest absolute Gasteiger partial charge is 0.493 e. The van der Waals surface area contributed by atoms with Gasteiger partial charge < -0.3 is 14.9 Å². The van der Waals surface area contributed by atoms with Crippen molar-refractivity contribution in [3.8, 4) is 5.75 Å². The minimum Gasteiger partial charge on any atom is -0.493 e. The molecule has 0 saturated carbocycles. The van der Waals surface area contributed by atoms with E-state index in [2.05, 4.69) is 0 Å². The first-order valence-electron chi connectivity index (χ1n) is 5.79. The maximum atomic E-state index is 5.73. The minimum absolute atomic E-state index is 0.279. The van der Waals surface area contributed by atoms with Crippen LogP contribution in [0.2, 0.25) is 0 Å². The highest BCUT2D eigenvalue weighted by Crippen LogP contribution is 2.13. The molecule has 0 aliphatic rings. The lowest BCUT2D eigenvalue weighted by molar-refractivity contribution is 0.245. The van der Waals surface area contributed by atoms with Crippen LogP contribution in [-0.4, -0.2) is 13.2 Å².